The number of halogens is 2. The first-order chi connectivity index (χ1) is 30.3. The minimum atomic E-state index is -2.72. The molecule has 17 nitrogen and oxygen atoms in total. The molecule has 5 aliphatic heterocycles. The van der Waals surface area contributed by atoms with Crippen molar-refractivity contribution in [3.8, 4) is 11.1 Å². The summed E-state index contributed by atoms with van der Waals surface area (Å²) in [6.45, 7) is 2.81. The van der Waals surface area contributed by atoms with Crippen LogP contribution in [0, 0.1) is 11.3 Å². The molecule has 7 amide bonds. The van der Waals surface area contributed by atoms with Gasteiger partial charge < -0.3 is 30.7 Å². The first-order valence-corrected chi connectivity index (χ1v) is 21.7. The molecule has 3 aromatic rings. The van der Waals surface area contributed by atoms with Crippen molar-refractivity contribution in [2.75, 3.05) is 56.5 Å². The van der Waals surface area contributed by atoms with E-state index in [-0.39, 0.29) is 65.3 Å². The smallest absolute Gasteiger partial charge is 0.317 e. The van der Waals surface area contributed by atoms with Gasteiger partial charge in [0, 0.05) is 107 Å². The number of imide groups is 2. The van der Waals surface area contributed by atoms with Crippen molar-refractivity contribution in [3.63, 3.8) is 0 Å². The predicted octanol–water partition coefficient (Wildman–Crippen LogP) is 3.66. The third kappa shape index (κ3) is 8.74. The number of hydrogen-bond acceptors (Lipinski definition) is 10. The second-order valence-corrected chi connectivity index (χ2v) is 17.0. The number of likely N-dealkylation sites (tertiary alicyclic amines) is 2. The van der Waals surface area contributed by atoms with E-state index in [0.717, 1.165) is 23.3 Å². The fourth-order valence-electron chi connectivity index (χ4n) is 9.69. The number of rotatable bonds is 13. The fraction of sp³-hybridized carbons (Fsp3) is 0.500. The number of benzene rings is 2. The van der Waals surface area contributed by atoms with Crippen molar-refractivity contribution in [1.82, 2.24) is 40.4 Å². The Kier molecular flexibility index (Phi) is 12.6. The number of hydrogen-bond donors (Lipinski definition) is 5. The molecular weight excluding hydrogens is 817 g/mol. The molecule has 3 fully saturated rings. The van der Waals surface area contributed by atoms with Crippen LogP contribution in [0.3, 0.4) is 0 Å². The molecule has 8 rings (SSSR count). The van der Waals surface area contributed by atoms with Crippen LogP contribution in [-0.4, -0.2) is 130 Å². The van der Waals surface area contributed by atoms with Crippen LogP contribution in [0.5, 0.6) is 0 Å². The summed E-state index contributed by atoms with van der Waals surface area (Å²) in [5.41, 5.74) is 3.33. The summed E-state index contributed by atoms with van der Waals surface area (Å²) < 4.78 is 30.5. The third-order valence-corrected chi connectivity index (χ3v) is 13.0. The summed E-state index contributed by atoms with van der Waals surface area (Å²) in [6.07, 6.45) is 5.25. The number of amides is 7. The normalized spacial score (nSPS) is 21.3. The fourth-order valence-corrected chi connectivity index (χ4v) is 9.69. The Morgan fingerprint density at radius 2 is 1.75 bits per heavy atom. The van der Waals surface area contributed by atoms with Gasteiger partial charge in [-0.25, -0.2) is 13.6 Å². The van der Waals surface area contributed by atoms with Crippen LogP contribution in [0.2, 0.25) is 0 Å². The molecule has 0 radical (unpaired) electrons. The number of fused-ring (bicyclic) bond motifs is 2. The number of aromatic nitrogens is 2. The zero-order valence-electron chi connectivity index (χ0n) is 35.4. The molecule has 1 aromatic heterocycles. The molecule has 19 heteroatoms. The highest BCUT2D eigenvalue weighted by Crippen LogP contribution is 2.41. The van der Waals surface area contributed by atoms with E-state index in [9.17, 15) is 43.0 Å². The Hall–Kier alpha value is -6.24. The quantitative estimate of drug-likeness (QED) is 0.0730. The number of anilines is 2. The van der Waals surface area contributed by atoms with Gasteiger partial charge in [-0.2, -0.15) is 5.10 Å². The van der Waals surface area contributed by atoms with Crippen molar-refractivity contribution < 1.29 is 37.5 Å². The Morgan fingerprint density at radius 3 is 2.46 bits per heavy atom. The van der Waals surface area contributed by atoms with E-state index in [2.05, 4.69) is 26.4 Å². The van der Waals surface area contributed by atoms with Crippen LogP contribution in [0.15, 0.2) is 42.7 Å². The van der Waals surface area contributed by atoms with E-state index in [1.165, 1.54) is 6.07 Å². The van der Waals surface area contributed by atoms with Crippen LogP contribution < -0.4 is 26.2 Å². The molecule has 0 bridgehead atoms. The van der Waals surface area contributed by atoms with Crippen LogP contribution >= 0.6 is 0 Å². The lowest BCUT2D eigenvalue weighted by Crippen LogP contribution is -2.54. The topological polar surface area (TPSA) is 205 Å². The van der Waals surface area contributed by atoms with Gasteiger partial charge in [-0.15, -0.1) is 0 Å². The summed E-state index contributed by atoms with van der Waals surface area (Å²) >= 11 is 0. The van der Waals surface area contributed by atoms with E-state index < -0.39 is 36.1 Å². The first kappa shape index (κ1) is 43.4. The molecule has 3 atom stereocenters. The van der Waals surface area contributed by atoms with Gasteiger partial charge in [0.1, 0.15) is 11.9 Å². The molecule has 0 aliphatic carbocycles. The van der Waals surface area contributed by atoms with E-state index in [1.807, 2.05) is 9.80 Å². The molecule has 3 unspecified atom stereocenters. The molecule has 0 spiro atoms. The van der Waals surface area contributed by atoms with E-state index >= 15 is 0 Å². The standard InChI is InChI=1S/C44H53F2N11O6/c1-48-44(63)55-23-31(40(47)56-18-12-25-19-29(26-21-50-53(2)22-26)30(39(45)46)20-35(25)56)33(24-55)51-27-13-16-54(17-14-27)37(59)9-4-3-5-15-49-32-8-6-7-28-38(32)43(62)57(42(28)61)34-10-11-36(58)52-41(34)60/h6-8,19-22,27,31,33-34,39,47,49,51H,3-5,9-18,23-24H2,1-2H3,(H,48,63)(H,52,58,60). The number of carbonyl (C=O) groups is 6. The SMILES string of the molecule is CNC(=O)N1CC(NC2CCN(C(=O)CCCCCNc3cccc4c3C(=O)N(C3CCC(=O)NC3=O)C4=O)CC2)C(C(=N)N2CCc3cc(-c4cnn(C)c4)c(C(F)F)cc32)C1. The van der Waals surface area contributed by atoms with E-state index in [1.54, 1.807) is 60.3 Å². The number of amidine groups is 1. The van der Waals surface area contributed by atoms with Crippen molar-refractivity contribution in [3.05, 3.63) is 65.0 Å². The lowest BCUT2D eigenvalue weighted by atomic mass is 9.96. The molecule has 0 saturated carbocycles. The highest BCUT2D eigenvalue weighted by atomic mass is 19.3. The van der Waals surface area contributed by atoms with Crippen molar-refractivity contribution >= 4 is 52.8 Å². The molecule has 63 heavy (non-hydrogen) atoms. The van der Waals surface area contributed by atoms with Gasteiger partial charge in [-0.1, -0.05) is 12.5 Å². The number of alkyl halides is 2. The minimum absolute atomic E-state index is 0.0466. The number of carbonyl (C=O) groups excluding carboxylic acids is 6. The maximum Gasteiger partial charge on any atom is 0.317 e. The molecule has 5 N–H and O–H groups in total. The highest BCUT2D eigenvalue weighted by molar-refractivity contribution is 6.25. The summed E-state index contributed by atoms with van der Waals surface area (Å²) in [6, 6.07) is 6.78. The van der Waals surface area contributed by atoms with Crippen molar-refractivity contribution in [1.29, 1.82) is 5.41 Å². The Morgan fingerprint density at radius 1 is 0.952 bits per heavy atom. The number of unbranched alkanes of at least 4 members (excludes halogenated alkanes) is 2. The number of nitrogens with one attached hydrogen (secondary N) is 5. The lowest BCUT2D eigenvalue weighted by Gasteiger charge is -2.36. The zero-order valence-corrected chi connectivity index (χ0v) is 35.4. The molecule has 334 valence electrons. The molecule has 3 saturated heterocycles. The third-order valence-electron chi connectivity index (χ3n) is 13.0. The van der Waals surface area contributed by atoms with Gasteiger partial charge in [0.05, 0.1) is 23.2 Å². The van der Waals surface area contributed by atoms with Gasteiger partial charge in [0.15, 0.2) is 0 Å². The molecule has 6 heterocycles. The number of piperidine rings is 2. The Balaban J connectivity index is 0.808. The van der Waals surface area contributed by atoms with Crippen LogP contribution in [0.25, 0.3) is 11.1 Å². The van der Waals surface area contributed by atoms with Gasteiger partial charge in [0.2, 0.25) is 17.7 Å². The van der Waals surface area contributed by atoms with Gasteiger partial charge in [-0.3, -0.25) is 44.3 Å². The van der Waals surface area contributed by atoms with Crippen LogP contribution in [0.4, 0.5) is 25.0 Å². The summed E-state index contributed by atoms with van der Waals surface area (Å²) in [5, 5.41) is 25.4. The Labute approximate surface area is 363 Å². The second kappa shape index (κ2) is 18.2. The monoisotopic (exact) mass is 869 g/mol. The van der Waals surface area contributed by atoms with Gasteiger partial charge >= 0.3 is 6.03 Å². The second-order valence-electron chi connectivity index (χ2n) is 17.0. The molecule has 5 aliphatic rings. The summed E-state index contributed by atoms with van der Waals surface area (Å²) in [5.74, 6) is -2.24. The lowest BCUT2D eigenvalue weighted by molar-refractivity contribution is -0.136. The maximum absolute atomic E-state index is 14.5. The Bertz CT molecular complexity index is 2330. The van der Waals surface area contributed by atoms with Crippen LogP contribution in [0.1, 0.15) is 89.6 Å². The van der Waals surface area contributed by atoms with Crippen LogP contribution in [-0.2, 0) is 27.9 Å². The van der Waals surface area contributed by atoms with Gasteiger partial charge in [0.25, 0.3) is 18.2 Å². The maximum atomic E-state index is 14.5. The molecular formula is C44H53F2N11O6. The first-order valence-electron chi connectivity index (χ1n) is 21.7. The number of nitrogens with zero attached hydrogens (tertiary/aromatic N) is 6. The summed E-state index contributed by atoms with van der Waals surface area (Å²) in [4.78, 5) is 83.0. The van der Waals surface area contributed by atoms with Crippen molar-refractivity contribution in [2.45, 2.75) is 82.3 Å². The van der Waals surface area contributed by atoms with Gasteiger partial charge in [-0.05, 0) is 73.9 Å². The average Bonchev–Trinajstić information content (AvgIpc) is 4.06. The highest BCUT2D eigenvalue weighted by Gasteiger charge is 2.46. The molecule has 2 aromatic carbocycles. The predicted molar refractivity (Wildman–Crippen MR) is 228 cm³/mol. The summed E-state index contributed by atoms with van der Waals surface area (Å²) in [7, 11) is 3.31. The largest absolute Gasteiger partial charge is 0.384 e. The van der Waals surface area contributed by atoms with Crippen molar-refractivity contribution in [2.24, 2.45) is 13.0 Å². The average molecular weight is 870 g/mol. The minimum Gasteiger partial charge on any atom is -0.384 e. The number of urea groups is 1. The number of aryl methyl sites for hydroxylation is 1. The zero-order chi connectivity index (χ0) is 44.5. The van der Waals surface area contributed by atoms with E-state index in [4.69, 9.17) is 0 Å². The van der Waals surface area contributed by atoms with E-state index in [0.29, 0.717) is 93.9 Å².